The van der Waals surface area contributed by atoms with Gasteiger partial charge in [-0.25, -0.2) is 14.2 Å². The molecule has 0 fully saturated rings. The number of aryl methyl sites for hydroxylation is 1. The summed E-state index contributed by atoms with van der Waals surface area (Å²) in [6, 6.07) is 9.51. The maximum atomic E-state index is 14.0. The van der Waals surface area contributed by atoms with Gasteiger partial charge in [0.25, 0.3) is 0 Å². The number of imidazole rings is 1. The molecular weight excluding hydrogens is 467 g/mol. The van der Waals surface area contributed by atoms with Crippen LogP contribution in [0.25, 0.3) is 11.3 Å². The zero-order valence-electron chi connectivity index (χ0n) is 16.2. The third-order valence-corrected chi connectivity index (χ3v) is 6.49. The summed E-state index contributed by atoms with van der Waals surface area (Å²) in [7, 11) is 0. The standard InChI is InChI=1S/C22H18BrFN4O3/c23-14-6-4-12(8-15(14)24)17-10-25-20(26-17)18-9-13-3-1-2-11-5-7-16(27-22(30)31)21(29)28(18)19(11)13/h1-4,6,8,10,16,18,27H,5,7,9H2,(H,25,26)(H,30,31)/t16-,18-/m0/s1. The highest BCUT2D eigenvalue weighted by Crippen LogP contribution is 2.44. The number of halogens is 2. The minimum Gasteiger partial charge on any atom is -0.465 e. The third-order valence-electron chi connectivity index (χ3n) is 5.85. The highest BCUT2D eigenvalue weighted by atomic mass is 79.9. The molecule has 0 spiro atoms. The summed E-state index contributed by atoms with van der Waals surface area (Å²) >= 11 is 3.15. The Balaban J connectivity index is 1.54. The van der Waals surface area contributed by atoms with Crippen molar-refractivity contribution in [1.82, 2.24) is 15.3 Å². The molecule has 0 unspecified atom stereocenters. The number of rotatable bonds is 3. The van der Waals surface area contributed by atoms with Crippen molar-refractivity contribution in [1.29, 1.82) is 0 Å². The van der Waals surface area contributed by atoms with Gasteiger partial charge in [-0.15, -0.1) is 0 Å². The maximum absolute atomic E-state index is 14.0. The molecule has 2 aliphatic heterocycles. The first-order valence-electron chi connectivity index (χ1n) is 9.86. The van der Waals surface area contributed by atoms with Crippen molar-refractivity contribution < 1.29 is 19.1 Å². The number of carboxylic acid groups (broad SMARTS) is 1. The van der Waals surface area contributed by atoms with Crippen LogP contribution in [0.1, 0.15) is 29.4 Å². The van der Waals surface area contributed by atoms with Crippen LogP contribution in [0.5, 0.6) is 0 Å². The number of carbonyl (C=O) groups excluding carboxylic acids is 1. The molecule has 1 aromatic heterocycles. The Kier molecular flexibility index (Phi) is 4.77. The van der Waals surface area contributed by atoms with E-state index in [1.165, 1.54) is 6.07 Å². The molecule has 0 bridgehead atoms. The first-order chi connectivity index (χ1) is 14.9. The molecule has 3 heterocycles. The highest BCUT2D eigenvalue weighted by molar-refractivity contribution is 9.10. The van der Waals surface area contributed by atoms with Crippen LogP contribution in [0.2, 0.25) is 0 Å². The van der Waals surface area contributed by atoms with Gasteiger partial charge in [-0.05, 0) is 52.0 Å². The van der Waals surface area contributed by atoms with E-state index in [-0.39, 0.29) is 11.7 Å². The van der Waals surface area contributed by atoms with Crippen LogP contribution in [0.4, 0.5) is 14.9 Å². The van der Waals surface area contributed by atoms with E-state index in [9.17, 15) is 19.1 Å². The van der Waals surface area contributed by atoms with E-state index < -0.39 is 18.2 Å². The molecule has 0 radical (unpaired) electrons. The Morgan fingerprint density at radius 3 is 2.87 bits per heavy atom. The molecule has 5 rings (SSSR count). The largest absolute Gasteiger partial charge is 0.465 e. The second kappa shape index (κ2) is 7.49. The lowest BCUT2D eigenvalue weighted by molar-refractivity contribution is -0.120. The molecule has 2 atom stereocenters. The quantitative estimate of drug-likeness (QED) is 0.518. The number of H-pyrrole nitrogens is 1. The van der Waals surface area contributed by atoms with Crippen LogP contribution in [-0.2, 0) is 17.6 Å². The van der Waals surface area contributed by atoms with Gasteiger partial charge in [-0.3, -0.25) is 9.69 Å². The first-order valence-corrected chi connectivity index (χ1v) is 10.7. The third kappa shape index (κ3) is 3.38. The molecule has 158 valence electrons. The van der Waals surface area contributed by atoms with Gasteiger partial charge in [0, 0.05) is 12.0 Å². The Morgan fingerprint density at radius 2 is 2.10 bits per heavy atom. The second-order valence-corrected chi connectivity index (χ2v) is 8.56. The van der Waals surface area contributed by atoms with E-state index in [0.717, 1.165) is 16.8 Å². The number of aromatic nitrogens is 2. The number of para-hydroxylation sites is 1. The summed E-state index contributed by atoms with van der Waals surface area (Å²) in [6.07, 6.45) is 1.96. The Hall–Kier alpha value is -3.20. The van der Waals surface area contributed by atoms with Crippen molar-refractivity contribution >= 4 is 33.6 Å². The van der Waals surface area contributed by atoms with E-state index >= 15 is 0 Å². The molecule has 3 aromatic rings. The molecule has 2 aliphatic rings. The van der Waals surface area contributed by atoms with Crippen molar-refractivity contribution in [2.24, 2.45) is 0 Å². The van der Waals surface area contributed by atoms with Gasteiger partial charge in [0.2, 0.25) is 5.91 Å². The SMILES string of the molecule is O=C(O)N[C@H]1CCc2cccc3c2N(C1=O)[C@H](c1ncc(-c2ccc(Br)c(F)c2)[nH]1)C3. The molecule has 0 saturated carbocycles. The average molecular weight is 485 g/mol. The first kappa shape index (κ1) is 19.7. The maximum Gasteiger partial charge on any atom is 0.405 e. The number of aromatic amines is 1. The van der Waals surface area contributed by atoms with E-state index in [2.05, 4.69) is 31.2 Å². The van der Waals surface area contributed by atoms with Crippen molar-refractivity contribution in [3.8, 4) is 11.3 Å². The van der Waals surface area contributed by atoms with Crippen LogP contribution in [0.3, 0.4) is 0 Å². The van der Waals surface area contributed by atoms with E-state index in [4.69, 9.17) is 0 Å². The minimum absolute atomic E-state index is 0.288. The fourth-order valence-corrected chi connectivity index (χ4v) is 4.70. The Morgan fingerprint density at radius 1 is 1.29 bits per heavy atom. The van der Waals surface area contributed by atoms with Gasteiger partial charge in [-0.1, -0.05) is 24.3 Å². The number of benzene rings is 2. The number of amides is 2. The van der Waals surface area contributed by atoms with Crippen LogP contribution in [0, 0.1) is 5.82 Å². The van der Waals surface area contributed by atoms with Gasteiger partial charge in [0.1, 0.15) is 17.7 Å². The Bertz CT molecular complexity index is 1210. The smallest absolute Gasteiger partial charge is 0.405 e. The Labute approximate surface area is 185 Å². The summed E-state index contributed by atoms with van der Waals surface area (Å²) < 4.78 is 14.4. The predicted molar refractivity (Wildman–Crippen MR) is 115 cm³/mol. The van der Waals surface area contributed by atoms with Crippen molar-refractivity contribution in [2.75, 3.05) is 4.90 Å². The fraction of sp³-hybridized carbons (Fsp3) is 0.227. The molecular formula is C22H18BrFN4O3. The van der Waals surface area contributed by atoms with Crippen LogP contribution >= 0.6 is 15.9 Å². The molecule has 7 nitrogen and oxygen atoms in total. The molecule has 2 amide bonds. The van der Waals surface area contributed by atoms with Gasteiger partial charge in [-0.2, -0.15) is 0 Å². The van der Waals surface area contributed by atoms with Gasteiger partial charge >= 0.3 is 6.09 Å². The molecule has 9 heteroatoms. The highest BCUT2D eigenvalue weighted by Gasteiger charge is 2.42. The summed E-state index contributed by atoms with van der Waals surface area (Å²) in [4.78, 5) is 34.0. The summed E-state index contributed by atoms with van der Waals surface area (Å²) in [5, 5.41) is 11.5. The normalized spacial score (nSPS) is 19.8. The van der Waals surface area contributed by atoms with E-state index in [0.29, 0.717) is 40.8 Å². The summed E-state index contributed by atoms with van der Waals surface area (Å²) in [5.74, 6) is -0.0922. The topological polar surface area (TPSA) is 98.3 Å². The molecule has 31 heavy (non-hydrogen) atoms. The van der Waals surface area contributed by atoms with E-state index in [1.54, 1.807) is 23.2 Å². The van der Waals surface area contributed by atoms with Gasteiger partial charge in [0.15, 0.2) is 0 Å². The average Bonchev–Trinajstić information content (AvgIpc) is 3.34. The number of anilines is 1. The molecule has 0 saturated heterocycles. The lowest BCUT2D eigenvalue weighted by Gasteiger charge is -2.27. The summed E-state index contributed by atoms with van der Waals surface area (Å²) in [5.41, 5.74) is 4.17. The predicted octanol–water partition coefficient (Wildman–Crippen LogP) is 4.19. The van der Waals surface area contributed by atoms with Crippen LogP contribution in [-0.4, -0.2) is 33.1 Å². The molecule has 2 aromatic carbocycles. The fourth-order valence-electron chi connectivity index (χ4n) is 4.45. The summed E-state index contributed by atoms with van der Waals surface area (Å²) in [6.45, 7) is 0. The zero-order valence-corrected chi connectivity index (χ0v) is 17.8. The monoisotopic (exact) mass is 484 g/mol. The zero-order chi connectivity index (χ0) is 21.7. The number of hydrogen-bond donors (Lipinski definition) is 3. The molecule has 3 N–H and O–H groups in total. The lowest BCUT2D eigenvalue weighted by atomic mass is 10.0. The minimum atomic E-state index is -1.22. The van der Waals surface area contributed by atoms with Gasteiger partial charge < -0.3 is 15.4 Å². The number of hydrogen-bond acceptors (Lipinski definition) is 3. The van der Waals surface area contributed by atoms with Crippen LogP contribution < -0.4 is 10.2 Å². The van der Waals surface area contributed by atoms with Gasteiger partial charge in [0.05, 0.1) is 28.1 Å². The van der Waals surface area contributed by atoms with Crippen LogP contribution in [0.15, 0.2) is 47.1 Å². The number of nitrogens with zero attached hydrogens (tertiary/aromatic N) is 2. The van der Waals surface area contributed by atoms with Crippen molar-refractivity contribution in [3.63, 3.8) is 0 Å². The molecule has 0 aliphatic carbocycles. The lowest BCUT2D eigenvalue weighted by Crippen LogP contribution is -2.48. The second-order valence-electron chi connectivity index (χ2n) is 7.70. The van der Waals surface area contributed by atoms with E-state index in [1.807, 2.05) is 18.2 Å². The van der Waals surface area contributed by atoms with Crippen molar-refractivity contribution in [2.45, 2.75) is 31.3 Å². The van der Waals surface area contributed by atoms with Crippen molar-refractivity contribution in [3.05, 3.63) is 69.8 Å². The number of nitrogens with one attached hydrogen (secondary N) is 2. The number of carbonyl (C=O) groups is 2.